The van der Waals surface area contributed by atoms with E-state index in [1.54, 1.807) is 35.4 Å². The number of hydrogen-bond donors (Lipinski definition) is 1. The molecule has 2 aromatic heterocycles. The van der Waals surface area contributed by atoms with E-state index < -0.39 is 0 Å². The smallest absolute Gasteiger partial charge is 0.262 e. The maximum atomic E-state index is 13.2. The average Bonchev–Trinajstić information content (AvgIpc) is 3.21. The predicted molar refractivity (Wildman–Crippen MR) is 121 cm³/mol. The molecule has 0 atom stereocenters. The summed E-state index contributed by atoms with van der Waals surface area (Å²) in [5, 5.41) is 9.37. The molecule has 9 heteroatoms. The van der Waals surface area contributed by atoms with Crippen LogP contribution in [-0.2, 0) is 4.79 Å². The lowest BCUT2D eigenvalue weighted by Gasteiger charge is -2.18. The molecule has 1 N–H and O–H groups in total. The molecular formula is C23H16FN5O2S. The zero-order valence-electron chi connectivity index (χ0n) is 16.6. The standard InChI is InChI=1S/C23H16FN5O2S/c24-17-6-3-15(4-7-17)11-26-29-20(14-32-23(29)27-18-2-1-9-25-12-18)16-5-8-21-19(10-16)28-22(30)13-31-21/h1-12,14H,13H2,(H,28,30). The molecular weight excluding hydrogens is 429 g/mol. The number of rotatable bonds is 4. The van der Waals surface area contributed by atoms with Gasteiger partial charge in [0, 0.05) is 17.1 Å². The van der Waals surface area contributed by atoms with Crippen molar-refractivity contribution in [3.63, 3.8) is 0 Å². The first-order chi connectivity index (χ1) is 15.7. The van der Waals surface area contributed by atoms with Gasteiger partial charge >= 0.3 is 0 Å². The molecule has 0 saturated carbocycles. The van der Waals surface area contributed by atoms with Crippen molar-refractivity contribution in [2.24, 2.45) is 10.1 Å². The van der Waals surface area contributed by atoms with Gasteiger partial charge in [-0.25, -0.2) is 14.1 Å². The molecule has 0 radical (unpaired) electrons. The first-order valence-corrected chi connectivity index (χ1v) is 10.6. The molecule has 1 aliphatic rings. The highest BCUT2D eigenvalue weighted by molar-refractivity contribution is 7.07. The number of thiazole rings is 1. The summed E-state index contributed by atoms with van der Waals surface area (Å²) < 4.78 is 20.4. The summed E-state index contributed by atoms with van der Waals surface area (Å²) in [5.41, 5.74) is 3.64. The molecule has 0 bridgehead atoms. The van der Waals surface area contributed by atoms with Gasteiger partial charge in [0.05, 0.1) is 29.5 Å². The number of anilines is 1. The summed E-state index contributed by atoms with van der Waals surface area (Å²) in [6, 6.07) is 15.3. The zero-order valence-corrected chi connectivity index (χ0v) is 17.4. The summed E-state index contributed by atoms with van der Waals surface area (Å²) in [4.78, 5) is 21.1. The minimum atomic E-state index is -0.309. The Morgan fingerprint density at radius 2 is 2.06 bits per heavy atom. The Kier molecular flexibility index (Phi) is 5.30. The summed E-state index contributed by atoms with van der Waals surface area (Å²) >= 11 is 1.42. The fourth-order valence-corrected chi connectivity index (χ4v) is 3.99. The molecule has 4 aromatic rings. The molecule has 0 fully saturated rings. The van der Waals surface area contributed by atoms with Crippen molar-refractivity contribution in [2.45, 2.75) is 0 Å². The van der Waals surface area contributed by atoms with E-state index in [0.717, 1.165) is 16.8 Å². The van der Waals surface area contributed by atoms with Crippen LogP contribution in [0.15, 0.2) is 82.5 Å². The number of carbonyl (C=O) groups excluding carboxylic acids is 1. The van der Waals surface area contributed by atoms with Gasteiger partial charge in [-0.1, -0.05) is 12.1 Å². The number of halogens is 1. The third kappa shape index (κ3) is 4.19. The molecule has 158 valence electrons. The molecule has 1 aliphatic heterocycles. The number of ether oxygens (including phenoxy) is 1. The van der Waals surface area contributed by atoms with Gasteiger partial charge in [0.1, 0.15) is 11.6 Å². The van der Waals surface area contributed by atoms with Crippen LogP contribution in [0.5, 0.6) is 5.75 Å². The number of aromatic nitrogens is 2. The van der Waals surface area contributed by atoms with E-state index in [1.807, 2.05) is 35.7 Å². The predicted octanol–water partition coefficient (Wildman–Crippen LogP) is 4.20. The highest BCUT2D eigenvalue weighted by Gasteiger charge is 2.17. The largest absolute Gasteiger partial charge is 0.482 e. The van der Waals surface area contributed by atoms with Crippen LogP contribution >= 0.6 is 11.3 Å². The Bertz CT molecular complexity index is 1380. The average molecular weight is 445 g/mol. The maximum absolute atomic E-state index is 13.2. The lowest BCUT2D eigenvalue weighted by Crippen LogP contribution is -2.25. The normalized spacial score (nSPS) is 13.7. The van der Waals surface area contributed by atoms with Crippen molar-refractivity contribution in [3.8, 4) is 17.0 Å². The SMILES string of the molecule is O=C1COc2ccc(-c3csc(=Nc4cccnc4)n3N=Cc3ccc(F)cc3)cc2N1. The van der Waals surface area contributed by atoms with E-state index in [9.17, 15) is 9.18 Å². The second-order valence-electron chi connectivity index (χ2n) is 6.88. The van der Waals surface area contributed by atoms with Crippen LogP contribution in [0.3, 0.4) is 0 Å². The Labute approximate surface area is 186 Å². The molecule has 2 aromatic carbocycles. The molecule has 3 heterocycles. The van der Waals surface area contributed by atoms with Gasteiger partial charge in [0.15, 0.2) is 6.61 Å². The first-order valence-electron chi connectivity index (χ1n) is 9.68. The Balaban J connectivity index is 1.61. The Morgan fingerprint density at radius 1 is 1.19 bits per heavy atom. The van der Waals surface area contributed by atoms with E-state index in [4.69, 9.17) is 4.74 Å². The van der Waals surface area contributed by atoms with Gasteiger partial charge in [0.25, 0.3) is 5.91 Å². The van der Waals surface area contributed by atoms with Crippen LogP contribution in [0.1, 0.15) is 5.56 Å². The van der Waals surface area contributed by atoms with Crippen LogP contribution in [0.2, 0.25) is 0 Å². The molecule has 0 unspecified atom stereocenters. The van der Waals surface area contributed by atoms with Gasteiger partial charge in [-0.2, -0.15) is 5.10 Å². The third-order valence-corrected chi connectivity index (χ3v) is 5.47. The third-order valence-electron chi connectivity index (χ3n) is 4.66. The molecule has 0 saturated heterocycles. The summed E-state index contributed by atoms with van der Waals surface area (Å²) in [7, 11) is 0. The van der Waals surface area contributed by atoms with Crippen molar-refractivity contribution in [3.05, 3.63) is 88.6 Å². The van der Waals surface area contributed by atoms with E-state index in [0.29, 0.717) is 21.9 Å². The van der Waals surface area contributed by atoms with Crippen molar-refractivity contribution >= 4 is 34.8 Å². The van der Waals surface area contributed by atoms with Gasteiger partial charge in [-0.05, 0) is 48.0 Å². The fraction of sp³-hybridized carbons (Fsp3) is 0.0435. The van der Waals surface area contributed by atoms with Crippen LogP contribution in [0.4, 0.5) is 15.8 Å². The molecule has 0 aliphatic carbocycles. The highest BCUT2D eigenvalue weighted by atomic mass is 32.1. The number of pyridine rings is 1. The Morgan fingerprint density at radius 3 is 2.88 bits per heavy atom. The van der Waals surface area contributed by atoms with Crippen LogP contribution in [-0.4, -0.2) is 28.4 Å². The summed E-state index contributed by atoms with van der Waals surface area (Å²) in [5.74, 6) is 0.108. The number of hydrogen-bond acceptors (Lipinski definition) is 6. The summed E-state index contributed by atoms with van der Waals surface area (Å²) in [6.45, 7) is 0.000893. The summed E-state index contributed by atoms with van der Waals surface area (Å²) in [6.07, 6.45) is 4.99. The first kappa shape index (κ1) is 19.8. The second-order valence-corrected chi connectivity index (χ2v) is 7.72. The minimum Gasteiger partial charge on any atom is -0.482 e. The van der Waals surface area contributed by atoms with Gasteiger partial charge in [-0.15, -0.1) is 11.3 Å². The molecule has 1 amide bonds. The van der Waals surface area contributed by atoms with E-state index in [-0.39, 0.29) is 18.3 Å². The quantitative estimate of drug-likeness (QED) is 0.478. The van der Waals surface area contributed by atoms with E-state index >= 15 is 0 Å². The molecule has 0 spiro atoms. The van der Waals surface area contributed by atoms with Crippen LogP contribution in [0.25, 0.3) is 11.3 Å². The van der Waals surface area contributed by atoms with E-state index in [1.165, 1.54) is 23.5 Å². The van der Waals surface area contributed by atoms with Crippen molar-refractivity contribution in [1.29, 1.82) is 0 Å². The molecule has 7 nitrogen and oxygen atoms in total. The lowest BCUT2D eigenvalue weighted by atomic mass is 10.1. The second kappa shape index (κ2) is 8.56. The van der Waals surface area contributed by atoms with Crippen LogP contribution < -0.4 is 14.9 Å². The lowest BCUT2D eigenvalue weighted by molar-refractivity contribution is -0.118. The van der Waals surface area contributed by atoms with Crippen molar-refractivity contribution in [2.75, 3.05) is 11.9 Å². The number of carbonyl (C=O) groups is 1. The van der Waals surface area contributed by atoms with Crippen molar-refractivity contribution in [1.82, 2.24) is 9.66 Å². The number of fused-ring (bicyclic) bond motifs is 1. The zero-order chi connectivity index (χ0) is 21.9. The van der Waals surface area contributed by atoms with Gasteiger partial charge in [-0.3, -0.25) is 9.78 Å². The molecule has 5 rings (SSSR count). The number of nitrogens with zero attached hydrogens (tertiary/aromatic N) is 4. The Hall–Kier alpha value is -4.11. The maximum Gasteiger partial charge on any atom is 0.262 e. The molecule has 32 heavy (non-hydrogen) atoms. The minimum absolute atomic E-state index is 0.000893. The monoisotopic (exact) mass is 445 g/mol. The van der Waals surface area contributed by atoms with Gasteiger partial charge in [0.2, 0.25) is 4.80 Å². The number of amides is 1. The highest BCUT2D eigenvalue weighted by Crippen LogP contribution is 2.33. The van der Waals surface area contributed by atoms with Crippen molar-refractivity contribution < 1.29 is 13.9 Å². The number of benzene rings is 2. The number of nitrogens with one attached hydrogen (secondary N) is 1. The van der Waals surface area contributed by atoms with E-state index in [2.05, 4.69) is 20.4 Å². The van der Waals surface area contributed by atoms with Crippen LogP contribution in [0, 0.1) is 5.82 Å². The topological polar surface area (TPSA) is 80.9 Å². The van der Waals surface area contributed by atoms with Gasteiger partial charge < -0.3 is 10.1 Å². The fourth-order valence-electron chi connectivity index (χ4n) is 3.13.